The van der Waals surface area contributed by atoms with Crippen molar-refractivity contribution in [2.45, 2.75) is 51.7 Å². The van der Waals surface area contributed by atoms with Gasteiger partial charge in [-0.25, -0.2) is 4.98 Å². The molecule has 2 aromatic heterocycles. The highest BCUT2D eigenvalue weighted by Crippen LogP contribution is 2.40. The number of nitrogens with zero attached hydrogens (tertiary/aromatic N) is 4. The van der Waals surface area contributed by atoms with E-state index in [0.717, 1.165) is 11.3 Å². The molecule has 260 valence electrons. The lowest BCUT2D eigenvalue weighted by atomic mass is 10.0. The third-order valence-corrected chi connectivity index (χ3v) is 8.98. The number of aryl methyl sites for hydroxylation is 2. The molecule has 1 aliphatic carbocycles. The second kappa shape index (κ2) is 16.1. The van der Waals surface area contributed by atoms with Crippen molar-refractivity contribution in [3.8, 4) is 11.5 Å². The number of carbonyl (C=O) groups is 3. The lowest BCUT2D eigenvalue weighted by Gasteiger charge is -2.40. The summed E-state index contributed by atoms with van der Waals surface area (Å²) in [4.78, 5) is 52.8. The SMILES string of the molecule is C=CC(=O)N1CCN(C[C@@H](Oc2cc(C)c(C(=O)Nc3ncc(OC)cc3C)cc2C(=O)NCCOC)c2ccc(C3CC3)cn2)C[C@H]1C. The summed E-state index contributed by atoms with van der Waals surface area (Å²) < 4.78 is 17.1. The number of pyridine rings is 2. The summed E-state index contributed by atoms with van der Waals surface area (Å²) in [5, 5.41) is 5.74. The van der Waals surface area contributed by atoms with Crippen molar-refractivity contribution in [2.24, 2.45) is 0 Å². The van der Waals surface area contributed by atoms with E-state index in [2.05, 4.69) is 33.2 Å². The molecule has 1 aromatic carbocycles. The van der Waals surface area contributed by atoms with Crippen LogP contribution in [0, 0.1) is 13.8 Å². The van der Waals surface area contributed by atoms with E-state index >= 15 is 0 Å². The molecule has 3 heterocycles. The molecule has 49 heavy (non-hydrogen) atoms. The summed E-state index contributed by atoms with van der Waals surface area (Å²) in [5.74, 6) is 0.954. The highest BCUT2D eigenvalue weighted by molar-refractivity contribution is 6.07. The molecule has 3 amide bonds. The number of hydrogen-bond donors (Lipinski definition) is 2. The fourth-order valence-corrected chi connectivity index (χ4v) is 6.02. The average molecular weight is 671 g/mol. The monoisotopic (exact) mass is 670 g/mol. The van der Waals surface area contributed by atoms with E-state index in [4.69, 9.17) is 19.2 Å². The number of piperazine rings is 1. The van der Waals surface area contributed by atoms with Crippen LogP contribution in [-0.2, 0) is 9.53 Å². The van der Waals surface area contributed by atoms with E-state index in [1.54, 1.807) is 39.3 Å². The van der Waals surface area contributed by atoms with E-state index in [-0.39, 0.29) is 24.1 Å². The molecule has 0 spiro atoms. The van der Waals surface area contributed by atoms with Crippen LogP contribution in [0.3, 0.4) is 0 Å². The minimum absolute atomic E-state index is 0.0175. The van der Waals surface area contributed by atoms with E-state index in [9.17, 15) is 14.4 Å². The molecular formula is C37H46N6O6. The Balaban J connectivity index is 1.46. The number of nitrogens with one attached hydrogen (secondary N) is 2. The number of rotatable bonds is 14. The van der Waals surface area contributed by atoms with Gasteiger partial charge in [0.1, 0.15) is 17.3 Å². The Hall–Kier alpha value is -4.81. The van der Waals surface area contributed by atoms with Crippen LogP contribution in [0.5, 0.6) is 11.5 Å². The van der Waals surface area contributed by atoms with Crippen molar-refractivity contribution in [1.29, 1.82) is 0 Å². The molecule has 2 aliphatic rings. The van der Waals surface area contributed by atoms with Crippen molar-refractivity contribution < 1.29 is 28.6 Å². The van der Waals surface area contributed by atoms with Gasteiger partial charge in [-0.05, 0) is 86.6 Å². The van der Waals surface area contributed by atoms with Gasteiger partial charge in [0.25, 0.3) is 11.8 Å². The van der Waals surface area contributed by atoms with E-state index < -0.39 is 17.9 Å². The molecule has 2 N–H and O–H groups in total. The maximum atomic E-state index is 13.6. The Morgan fingerprint density at radius 2 is 1.82 bits per heavy atom. The van der Waals surface area contributed by atoms with Gasteiger partial charge in [0.2, 0.25) is 5.91 Å². The highest BCUT2D eigenvalue weighted by atomic mass is 16.5. The van der Waals surface area contributed by atoms with E-state index in [1.165, 1.54) is 30.7 Å². The van der Waals surface area contributed by atoms with Gasteiger partial charge in [0.15, 0.2) is 6.10 Å². The van der Waals surface area contributed by atoms with Gasteiger partial charge >= 0.3 is 0 Å². The normalized spacial score (nSPS) is 16.8. The zero-order valence-electron chi connectivity index (χ0n) is 29.0. The molecule has 0 unspecified atom stereocenters. The summed E-state index contributed by atoms with van der Waals surface area (Å²) in [6.07, 6.45) is 6.59. The molecule has 1 saturated carbocycles. The number of ether oxygens (including phenoxy) is 3. The third-order valence-electron chi connectivity index (χ3n) is 8.98. The van der Waals surface area contributed by atoms with Gasteiger partial charge in [-0.2, -0.15) is 0 Å². The summed E-state index contributed by atoms with van der Waals surface area (Å²) >= 11 is 0. The maximum Gasteiger partial charge on any atom is 0.257 e. The second-order valence-corrected chi connectivity index (χ2v) is 12.6. The smallest absolute Gasteiger partial charge is 0.257 e. The van der Waals surface area contributed by atoms with Crippen molar-refractivity contribution in [3.05, 3.63) is 88.9 Å². The molecule has 0 bridgehead atoms. The molecule has 0 radical (unpaired) electrons. The maximum absolute atomic E-state index is 13.6. The Morgan fingerprint density at radius 3 is 2.45 bits per heavy atom. The number of amides is 3. The number of benzene rings is 1. The quantitative estimate of drug-likeness (QED) is 0.189. The predicted molar refractivity (Wildman–Crippen MR) is 186 cm³/mol. The summed E-state index contributed by atoms with van der Waals surface area (Å²) in [6.45, 7) is 12.2. The van der Waals surface area contributed by atoms with Crippen LogP contribution in [0.25, 0.3) is 0 Å². The lowest BCUT2D eigenvalue weighted by Crippen LogP contribution is -2.54. The fourth-order valence-electron chi connectivity index (χ4n) is 6.02. The molecule has 12 nitrogen and oxygen atoms in total. The fraction of sp³-hybridized carbons (Fsp3) is 0.432. The molecule has 1 saturated heterocycles. The lowest BCUT2D eigenvalue weighted by molar-refractivity contribution is -0.130. The summed E-state index contributed by atoms with van der Waals surface area (Å²) in [6, 6.07) is 9.15. The zero-order valence-corrected chi connectivity index (χ0v) is 29.0. The first-order chi connectivity index (χ1) is 23.6. The Bertz CT molecular complexity index is 1670. The summed E-state index contributed by atoms with van der Waals surface area (Å²) in [5.41, 5.74) is 3.80. The standard InChI is InChI=1S/C37H46N6O6/c1-7-34(44)43-14-13-42(21-25(43)4)22-33(31-11-10-27(19-39-31)26-8-9-26)49-32-17-23(2)29(18-30(32)36(45)38-12-15-47-5)37(46)41-35-24(3)16-28(48-6)20-40-35/h7,10-11,16-20,25-26,33H,1,8-9,12-15,21-22H2,2-6H3,(H,38,45)(H,40,41,46)/t25-,33-/m1/s1. The predicted octanol–water partition coefficient (Wildman–Crippen LogP) is 4.45. The van der Waals surface area contributed by atoms with Gasteiger partial charge in [-0.3, -0.25) is 24.3 Å². The number of carbonyl (C=O) groups excluding carboxylic acids is 3. The minimum Gasteiger partial charge on any atom is -0.495 e. The van der Waals surface area contributed by atoms with Crippen LogP contribution in [0.2, 0.25) is 0 Å². The number of aromatic nitrogens is 2. The molecule has 2 fully saturated rings. The van der Waals surface area contributed by atoms with E-state index in [0.29, 0.717) is 67.1 Å². The van der Waals surface area contributed by atoms with Gasteiger partial charge in [0, 0.05) is 57.6 Å². The number of hydrogen-bond acceptors (Lipinski definition) is 9. The first-order valence-corrected chi connectivity index (χ1v) is 16.6. The van der Waals surface area contributed by atoms with Crippen molar-refractivity contribution in [1.82, 2.24) is 25.1 Å². The van der Waals surface area contributed by atoms with Crippen molar-refractivity contribution in [3.63, 3.8) is 0 Å². The summed E-state index contributed by atoms with van der Waals surface area (Å²) in [7, 11) is 3.11. The van der Waals surface area contributed by atoms with Crippen molar-refractivity contribution >= 4 is 23.5 Å². The van der Waals surface area contributed by atoms with Gasteiger partial charge < -0.3 is 29.7 Å². The number of methoxy groups -OCH3 is 2. The Morgan fingerprint density at radius 1 is 1.02 bits per heavy atom. The average Bonchev–Trinajstić information content (AvgIpc) is 3.95. The van der Waals surface area contributed by atoms with E-state index in [1.807, 2.05) is 31.0 Å². The van der Waals surface area contributed by atoms with Crippen molar-refractivity contribution in [2.75, 3.05) is 58.9 Å². The molecular weight excluding hydrogens is 624 g/mol. The largest absolute Gasteiger partial charge is 0.495 e. The molecule has 5 rings (SSSR count). The number of anilines is 1. The minimum atomic E-state index is -0.544. The van der Waals surface area contributed by atoms with Crippen LogP contribution >= 0.6 is 0 Å². The molecule has 3 aromatic rings. The topological polar surface area (TPSA) is 135 Å². The van der Waals surface area contributed by atoms with Gasteiger partial charge in [-0.1, -0.05) is 12.6 Å². The zero-order chi connectivity index (χ0) is 35.1. The second-order valence-electron chi connectivity index (χ2n) is 12.6. The molecule has 1 aliphatic heterocycles. The van der Waals surface area contributed by atoms with Gasteiger partial charge in [0.05, 0.1) is 31.2 Å². The Labute approximate surface area is 287 Å². The van der Waals surface area contributed by atoms with Gasteiger partial charge in [-0.15, -0.1) is 0 Å². The van der Waals surface area contributed by atoms with Crippen LogP contribution in [0.4, 0.5) is 5.82 Å². The first-order valence-electron chi connectivity index (χ1n) is 16.6. The molecule has 2 atom stereocenters. The van der Waals surface area contributed by atoms with Crippen LogP contribution in [0.15, 0.2) is 55.4 Å². The van der Waals surface area contributed by atoms with Crippen LogP contribution < -0.4 is 20.1 Å². The molecule has 12 heteroatoms. The first kappa shape index (κ1) is 35.5. The highest BCUT2D eigenvalue weighted by Gasteiger charge is 2.31. The van der Waals surface area contributed by atoms with Crippen LogP contribution in [0.1, 0.15) is 74.9 Å². The third kappa shape index (κ3) is 8.81. The Kier molecular flexibility index (Phi) is 11.6. The van der Waals surface area contributed by atoms with Crippen LogP contribution in [-0.4, -0.2) is 97.1 Å².